The van der Waals surface area contributed by atoms with Crippen LogP contribution in [0.4, 0.5) is 0 Å². The molecule has 1 aliphatic carbocycles. The number of benzene rings is 3. The summed E-state index contributed by atoms with van der Waals surface area (Å²) in [5, 5.41) is 12.6. The molecule has 3 aromatic carbocycles. The van der Waals surface area contributed by atoms with Crippen LogP contribution in [0.3, 0.4) is 0 Å². The number of phenols is 1. The first-order valence-corrected chi connectivity index (χ1v) is 9.12. The maximum absolute atomic E-state index is 10.6. The van der Waals surface area contributed by atoms with Crippen LogP contribution in [0.1, 0.15) is 25.0 Å². The molecule has 0 spiro atoms. The molecule has 0 radical (unpaired) electrons. The van der Waals surface area contributed by atoms with Gasteiger partial charge in [-0.15, -0.1) is 0 Å². The Morgan fingerprint density at radius 2 is 1.79 bits per heavy atom. The maximum Gasteiger partial charge on any atom is 0.153 e. The summed E-state index contributed by atoms with van der Waals surface area (Å²) in [4.78, 5) is 0.847. The largest absolute Gasteiger partial charge is 0.507 e. The van der Waals surface area contributed by atoms with Gasteiger partial charge in [0, 0.05) is 5.39 Å². The van der Waals surface area contributed by atoms with Crippen molar-refractivity contribution < 1.29 is 9.84 Å². The van der Waals surface area contributed by atoms with Crippen LogP contribution in [-0.2, 0) is 12.8 Å². The maximum atomic E-state index is 10.6. The summed E-state index contributed by atoms with van der Waals surface area (Å²) in [6, 6.07) is 14.7. The minimum Gasteiger partial charge on any atom is -0.507 e. The molecule has 0 atom stereocenters. The zero-order valence-corrected chi connectivity index (χ0v) is 14.5. The molecule has 0 amide bonds. The summed E-state index contributed by atoms with van der Waals surface area (Å²) >= 11 is 1.71. The molecule has 2 aliphatic rings. The SMILES string of the molecule is CC1(C)Oc2cc3c4c(cc(O)c3cc2S1)CCc1ccccc1-4. The minimum atomic E-state index is -0.257. The Morgan fingerprint density at radius 3 is 2.67 bits per heavy atom. The second-order valence-corrected chi connectivity index (χ2v) is 8.66. The Bertz CT molecular complexity index is 1000. The van der Waals surface area contributed by atoms with Gasteiger partial charge in [0.15, 0.2) is 4.93 Å². The lowest BCUT2D eigenvalue weighted by Crippen LogP contribution is -2.17. The molecular formula is C21H18O2S. The molecule has 3 aromatic rings. The number of aromatic hydroxyl groups is 1. The van der Waals surface area contributed by atoms with Gasteiger partial charge in [0.05, 0.1) is 4.90 Å². The number of aryl methyl sites for hydroxylation is 2. The summed E-state index contributed by atoms with van der Waals surface area (Å²) < 4.78 is 6.10. The summed E-state index contributed by atoms with van der Waals surface area (Å²) in [5.74, 6) is 1.30. The fourth-order valence-electron chi connectivity index (χ4n) is 3.94. The minimum absolute atomic E-state index is 0.257. The van der Waals surface area contributed by atoms with Crippen LogP contribution in [-0.4, -0.2) is 10.0 Å². The van der Waals surface area contributed by atoms with Crippen molar-refractivity contribution in [2.45, 2.75) is 36.5 Å². The predicted octanol–water partition coefficient (Wildman–Crippen LogP) is 5.53. The van der Waals surface area contributed by atoms with Gasteiger partial charge in [-0.05, 0) is 72.5 Å². The van der Waals surface area contributed by atoms with Crippen LogP contribution in [0.5, 0.6) is 11.5 Å². The van der Waals surface area contributed by atoms with Gasteiger partial charge in [-0.25, -0.2) is 0 Å². The van der Waals surface area contributed by atoms with E-state index in [-0.39, 0.29) is 4.93 Å². The molecular weight excluding hydrogens is 316 g/mol. The van der Waals surface area contributed by atoms with Gasteiger partial charge >= 0.3 is 0 Å². The van der Waals surface area contributed by atoms with Crippen LogP contribution in [0, 0.1) is 0 Å². The predicted molar refractivity (Wildman–Crippen MR) is 99.0 cm³/mol. The zero-order valence-electron chi connectivity index (χ0n) is 13.7. The van der Waals surface area contributed by atoms with Gasteiger partial charge in [-0.3, -0.25) is 0 Å². The van der Waals surface area contributed by atoms with E-state index in [9.17, 15) is 5.11 Å². The normalized spacial score (nSPS) is 17.1. The number of hydrogen-bond donors (Lipinski definition) is 1. The molecule has 1 N–H and O–H groups in total. The fraction of sp³-hybridized carbons (Fsp3) is 0.238. The highest BCUT2D eigenvalue weighted by atomic mass is 32.2. The third-order valence-electron chi connectivity index (χ3n) is 4.92. The van der Waals surface area contributed by atoms with E-state index in [0.717, 1.165) is 34.3 Å². The lowest BCUT2D eigenvalue weighted by molar-refractivity contribution is 0.215. The topological polar surface area (TPSA) is 29.5 Å². The zero-order chi connectivity index (χ0) is 16.5. The Hall–Kier alpha value is -2.13. The third kappa shape index (κ3) is 1.97. The molecule has 120 valence electrons. The van der Waals surface area contributed by atoms with Gasteiger partial charge in [-0.2, -0.15) is 0 Å². The average molecular weight is 334 g/mol. The summed E-state index contributed by atoms with van der Waals surface area (Å²) in [6.45, 7) is 4.15. The molecule has 2 nitrogen and oxygen atoms in total. The van der Waals surface area contributed by atoms with Crippen molar-refractivity contribution in [2.75, 3.05) is 0 Å². The molecule has 5 rings (SSSR count). The van der Waals surface area contributed by atoms with Crippen LogP contribution in [0.15, 0.2) is 47.4 Å². The van der Waals surface area contributed by atoms with E-state index in [1.54, 1.807) is 11.8 Å². The van der Waals surface area contributed by atoms with E-state index < -0.39 is 0 Å². The lowest BCUT2D eigenvalue weighted by atomic mass is 9.82. The van der Waals surface area contributed by atoms with E-state index in [2.05, 4.69) is 50.2 Å². The standard InChI is InChI=1S/C21H18O2S/c1-21(2)23-18-10-16-15(11-19(18)24-21)17(22)9-13-8-7-12-5-3-4-6-14(12)20(13)16/h3-6,9-11,22H,7-8H2,1-2H3. The van der Waals surface area contributed by atoms with E-state index in [4.69, 9.17) is 4.74 Å². The summed E-state index contributed by atoms with van der Waals surface area (Å²) in [7, 11) is 0. The van der Waals surface area contributed by atoms with Crippen LogP contribution < -0.4 is 4.74 Å². The van der Waals surface area contributed by atoms with E-state index >= 15 is 0 Å². The molecule has 3 heteroatoms. The van der Waals surface area contributed by atoms with Gasteiger partial charge < -0.3 is 9.84 Å². The van der Waals surface area contributed by atoms with Crippen molar-refractivity contribution in [3.05, 3.63) is 53.6 Å². The van der Waals surface area contributed by atoms with Gasteiger partial charge in [0.25, 0.3) is 0 Å². The number of hydrogen-bond acceptors (Lipinski definition) is 3. The monoisotopic (exact) mass is 334 g/mol. The van der Waals surface area contributed by atoms with Crippen LogP contribution in [0.25, 0.3) is 21.9 Å². The number of phenolic OH excluding ortho intramolecular Hbond substituents is 1. The molecule has 1 aliphatic heterocycles. The highest BCUT2D eigenvalue weighted by Gasteiger charge is 2.32. The Morgan fingerprint density at radius 1 is 1.00 bits per heavy atom. The van der Waals surface area contributed by atoms with Crippen LogP contribution in [0.2, 0.25) is 0 Å². The quantitative estimate of drug-likeness (QED) is 0.586. The second-order valence-electron chi connectivity index (χ2n) is 7.04. The first kappa shape index (κ1) is 14.2. The Balaban J connectivity index is 1.86. The third-order valence-corrected chi connectivity index (χ3v) is 6.04. The molecule has 24 heavy (non-hydrogen) atoms. The Labute approximate surface area is 145 Å². The smallest absolute Gasteiger partial charge is 0.153 e. The molecule has 0 saturated carbocycles. The van der Waals surface area contributed by atoms with Crippen molar-refractivity contribution >= 4 is 22.5 Å². The number of rotatable bonds is 0. The average Bonchev–Trinajstić information content (AvgIpc) is 2.85. The summed E-state index contributed by atoms with van der Waals surface area (Å²) in [6.07, 6.45) is 1.99. The van der Waals surface area contributed by atoms with Crippen molar-refractivity contribution in [3.63, 3.8) is 0 Å². The molecule has 0 aromatic heterocycles. The Kier molecular flexibility index (Phi) is 2.79. The molecule has 1 heterocycles. The molecule has 0 fully saturated rings. The summed E-state index contributed by atoms with van der Waals surface area (Å²) in [5.41, 5.74) is 5.15. The first-order chi connectivity index (χ1) is 11.5. The lowest BCUT2D eigenvalue weighted by Gasteiger charge is -2.22. The molecule has 0 saturated heterocycles. The fourth-order valence-corrected chi connectivity index (χ4v) is 4.98. The second kappa shape index (κ2) is 4.70. The van der Waals surface area contributed by atoms with Gasteiger partial charge in [0.1, 0.15) is 11.5 Å². The number of thioether (sulfide) groups is 1. The number of ether oxygens (including phenoxy) is 1. The van der Waals surface area contributed by atoms with Gasteiger partial charge in [-0.1, -0.05) is 36.0 Å². The van der Waals surface area contributed by atoms with Crippen molar-refractivity contribution in [1.29, 1.82) is 0 Å². The highest BCUT2D eigenvalue weighted by molar-refractivity contribution is 8.00. The van der Waals surface area contributed by atoms with Crippen LogP contribution >= 0.6 is 11.8 Å². The van der Waals surface area contributed by atoms with E-state index in [0.29, 0.717) is 5.75 Å². The van der Waals surface area contributed by atoms with Crippen molar-refractivity contribution in [1.82, 2.24) is 0 Å². The van der Waals surface area contributed by atoms with E-state index in [1.807, 2.05) is 6.07 Å². The molecule has 0 bridgehead atoms. The number of fused-ring (bicyclic) bond motifs is 6. The van der Waals surface area contributed by atoms with E-state index in [1.165, 1.54) is 22.3 Å². The van der Waals surface area contributed by atoms with Gasteiger partial charge in [0.2, 0.25) is 0 Å². The molecule has 0 unspecified atom stereocenters. The van der Waals surface area contributed by atoms with Crippen molar-refractivity contribution in [3.8, 4) is 22.6 Å². The highest BCUT2D eigenvalue weighted by Crippen LogP contribution is 2.51. The first-order valence-electron chi connectivity index (χ1n) is 8.31. The van der Waals surface area contributed by atoms with Crippen molar-refractivity contribution in [2.24, 2.45) is 0 Å².